The zero-order valence-electron chi connectivity index (χ0n) is 7.31. The van der Waals surface area contributed by atoms with Gasteiger partial charge < -0.3 is 0 Å². The van der Waals surface area contributed by atoms with Gasteiger partial charge in [-0.1, -0.05) is 0 Å². The van der Waals surface area contributed by atoms with Crippen molar-refractivity contribution in [2.75, 3.05) is 0 Å². The van der Waals surface area contributed by atoms with Crippen molar-refractivity contribution in [3.05, 3.63) is 17.0 Å². The third kappa shape index (κ3) is 1.14. The summed E-state index contributed by atoms with van der Waals surface area (Å²) in [6.07, 6.45) is 4.94. The molecule has 0 saturated carbocycles. The zero-order chi connectivity index (χ0) is 8.55. The number of nitrogens with zero attached hydrogens (tertiary/aromatic N) is 2. The maximum Gasteiger partial charge on any atom is 0.0806 e. The van der Waals surface area contributed by atoms with Gasteiger partial charge in [-0.3, -0.25) is 4.68 Å². The second kappa shape index (κ2) is 3.09. The van der Waals surface area contributed by atoms with E-state index in [1.807, 2.05) is 11.7 Å². The normalized spacial score (nSPS) is 16.2. The lowest BCUT2D eigenvalue weighted by molar-refractivity contribution is 0.626. The van der Waals surface area contributed by atoms with Crippen molar-refractivity contribution in [2.24, 2.45) is 7.05 Å². The van der Waals surface area contributed by atoms with E-state index in [1.54, 1.807) is 0 Å². The molecule has 1 heterocycles. The van der Waals surface area contributed by atoms with Crippen LogP contribution in [0.1, 0.15) is 29.8 Å². The van der Waals surface area contributed by atoms with Crippen molar-refractivity contribution in [1.82, 2.24) is 9.78 Å². The van der Waals surface area contributed by atoms with E-state index in [-0.39, 0.29) is 0 Å². The first-order valence-electron chi connectivity index (χ1n) is 4.42. The Balaban J connectivity index is 2.47. The van der Waals surface area contributed by atoms with Crippen LogP contribution in [0.2, 0.25) is 0 Å². The number of rotatable bonds is 1. The molecule has 0 aromatic carbocycles. The van der Waals surface area contributed by atoms with Gasteiger partial charge in [0, 0.05) is 12.7 Å². The van der Waals surface area contributed by atoms with Crippen LogP contribution in [0.15, 0.2) is 0 Å². The molecule has 12 heavy (non-hydrogen) atoms. The van der Waals surface area contributed by atoms with Crippen LogP contribution in [-0.4, -0.2) is 9.78 Å². The van der Waals surface area contributed by atoms with Crippen LogP contribution in [0.5, 0.6) is 0 Å². The van der Waals surface area contributed by atoms with E-state index in [0.29, 0.717) is 5.88 Å². The first-order chi connectivity index (χ1) is 5.83. The van der Waals surface area contributed by atoms with Crippen molar-refractivity contribution in [3.8, 4) is 0 Å². The molecule has 1 aliphatic rings. The molecule has 0 spiro atoms. The lowest BCUT2D eigenvalue weighted by Gasteiger charge is -2.11. The van der Waals surface area contributed by atoms with E-state index in [2.05, 4.69) is 5.10 Å². The quantitative estimate of drug-likeness (QED) is 0.611. The maximum absolute atomic E-state index is 5.80. The van der Waals surface area contributed by atoms with Gasteiger partial charge in [-0.05, 0) is 31.2 Å². The first-order valence-corrected chi connectivity index (χ1v) is 4.96. The number of hydrogen-bond donors (Lipinski definition) is 0. The van der Waals surface area contributed by atoms with Crippen LogP contribution < -0.4 is 0 Å². The predicted molar refractivity (Wildman–Crippen MR) is 49.4 cm³/mol. The highest BCUT2D eigenvalue weighted by molar-refractivity contribution is 6.17. The summed E-state index contributed by atoms with van der Waals surface area (Å²) in [5.74, 6) is 0.559. The van der Waals surface area contributed by atoms with Crippen LogP contribution in [0.3, 0.4) is 0 Å². The molecule has 0 atom stereocenters. The number of aromatic nitrogens is 2. The number of hydrogen-bond acceptors (Lipinski definition) is 1. The van der Waals surface area contributed by atoms with Crippen LogP contribution in [-0.2, 0) is 25.8 Å². The molecular weight excluding hydrogens is 172 g/mol. The van der Waals surface area contributed by atoms with Crippen molar-refractivity contribution in [3.63, 3.8) is 0 Å². The van der Waals surface area contributed by atoms with E-state index in [0.717, 1.165) is 5.69 Å². The molecule has 1 aliphatic carbocycles. The highest BCUT2D eigenvalue weighted by atomic mass is 35.5. The Morgan fingerprint density at radius 2 is 2.17 bits per heavy atom. The van der Waals surface area contributed by atoms with Gasteiger partial charge in [-0.15, -0.1) is 11.6 Å². The molecule has 1 aromatic rings. The fraction of sp³-hybridized carbons (Fsp3) is 0.667. The van der Waals surface area contributed by atoms with Crippen molar-refractivity contribution >= 4 is 11.6 Å². The van der Waals surface area contributed by atoms with Gasteiger partial charge in [0.05, 0.1) is 11.6 Å². The summed E-state index contributed by atoms with van der Waals surface area (Å²) in [5, 5.41) is 4.40. The van der Waals surface area contributed by atoms with Gasteiger partial charge in [0.1, 0.15) is 0 Å². The maximum atomic E-state index is 5.80. The second-order valence-electron chi connectivity index (χ2n) is 3.34. The molecule has 0 bridgehead atoms. The minimum atomic E-state index is 0.559. The Bertz CT molecular complexity index is 291. The SMILES string of the molecule is Cn1nc(CCl)c2c1CCCC2. The highest BCUT2D eigenvalue weighted by Gasteiger charge is 2.17. The third-order valence-corrected chi connectivity index (χ3v) is 2.83. The monoisotopic (exact) mass is 184 g/mol. The Morgan fingerprint density at radius 1 is 1.42 bits per heavy atom. The lowest BCUT2D eigenvalue weighted by Crippen LogP contribution is -2.05. The summed E-state index contributed by atoms with van der Waals surface area (Å²) >= 11 is 5.80. The average Bonchev–Trinajstić information content (AvgIpc) is 2.44. The minimum Gasteiger partial charge on any atom is -0.272 e. The summed E-state index contributed by atoms with van der Waals surface area (Å²) in [7, 11) is 2.01. The van der Waals surface area contributed by atoms with Gasteiger partial charge in [0.25, 0.3) is 0 Å². The third-order valence-electron chi connectivity index (χ3n) is 2.57. The van der Waals surface area contributed by atoms with Crippen molar-refractivity contribution in [1.29, 1.82) is 0 Å². The summed E-state index contributed by atoms with van der Waals surface area (Å²) in [6.45, 7) is 0. The Morgan fingerprint density at radius 3 is 2.92 bits per heavy atom. The fourth-order valence-corrected chi connectivity index (χ4v) is 2.18. The van der Waals surface area contributed by atoms with E-state index in [4.69, 9.17) is 11.6 Å². The summed E-state index contributed by atoms with van der Waals surface area (Å²) in [6, 6.07) is 0. The Labute approximate surface area is 77.5 Å². The summed E-state index contributed by atoms with van der Waals surface area (Å²) in [4.78, 5) is 0. The van der Waals surface area contributed by atoms with Gasteiger partial charge in [0.15, 0.2) is 0 Å². The summed E-state index contributed by atoms with van der Waals surface area (Å²) in [5.41, 5.74) is 3.91. The van der Waals surface area contributed by atoms with E-state index in [1.165, 1.54) is 36.9 Å². The fourth-order valence-electron chi connectivity index (χ4n) is 1.97. The van der Waals surface area contributed by atoms with Gasteiger partial charge in [-0.25, -0.2) is 0 Å². The molecule has 2 rings (SSSR count). The van der Waals surface area contributed by atoms with Crippen LogP contribution in [0, 0.1) is 0 Å². The molecule has 0 aliphatic heterocycles. The largest absolute Gasteiger partial charge is 0.272 e. The molecule has 3 heteroatoms. The Kier molecular flexibility index (Phi) is 2.09. The standard InChI is InChI=1S/C9H13ClN2/c1-12-9-5-3-2-4-7(9)8(6-10)11-12/h2-6H2,1H3. The smallest absolute Gasteiger partial charge is 0.0806 e. The molecule has 0 N–H and O–H groups in total. The molecular formula is C9H13ClN2. The van der Waals surface area contributed by atoms with Crippen LogP contribution in [0.4, 0.5) is 0 Å². The minimum absolute atomic E-state index is 0.559. The average molecular weight is 185 g/mol. The van der Waals surface area contributed by atoms with E-state index >= 15 is 0 Å². The van der Waals surface area contributed by atoms with Gasteiger partial charge in [0.2, 0.25) is 0 Å². The predicted octanol–water partition coefficient (Wildman–Crippen LogP) is 2.04. The zero-order valence-corrected chi connectivity index (χ0v) is 8.06. The highest BCUT2D eigenvalue weighted by Crippen LogP contribution is 2.24. The molecule has 1 aromatic heterocycles. The number of halogens is 1. The van der Waals surface area contributed by atoms with E-state index in [9.17, 15) is 0 Å². The summed E-state index contributed by atoms with van der Waals surface area (Å²) < 4.78 is 1.99. The molecule has 66 valence electrons. The van der Waals surface area contributed by atoms with Crippen LogP contribution in [0.25, 0.3) is 0 Å². The molecule has 0 fully saturated rings. The van der Waals surface area contributed by atoms with Gasteiger partial charge >= 0.3 is 0 Å². The topological polar surface area (TPSA) is 17.8 Å². The van der Waals surface area contributed by atoms with Crippen molar-refractivity contribution in [2.45, 2.75) is 31.6 Å². The molecule has 0 amide bonds. The Hall–Kier alpha value is -0.500. The number of aryl methyl sites for hydroxylation is 1. The molecule has 0 radical (unpaired) electrons. The molecule has 2 nitrogen and oxygen atoms in total. The second-order valence-corrected chi connectivity index (χ2v) is 3.60. The van der Waals surface area contributed by atoms with Crippen LogP contribution >= 0.6 is 11.6 Å². The van der Waals surface area contributed by atoms with E-state index < -0.39 is 0 Å². The number of fused-ring (bicyclic) bond motifs is 1. The van der Waals surface area contributed by atoms with Gasteiger partial charge in [-0.2, -0.15) is 5.10 Å². The molecule has 0 saturated heterocycles. The lowest BCUT2D eigenvalue weighted by atomic mass is 9.96. The first kappa shape index (κ1) is 8.11. The van der Waals surface area contributed by atoms with Crippen molar-refractivity contribution < 1.29 is 0 Å². The number of alkyl halides is 1. The molecule has 0 unspecified atom stereocenters.